The lowest BCUT2D eigenvalue weighted by Crippen LogP contribution is -2.48. The summed E-state index contributed by atoms with van der Waals surface area (Å²) in [5.41, 5.74) is 0. The van der Waals surface area contributed by atoms with Gasteiger partial charge in [0, 0.05) is 12.6 Å². The molecule has 1 heterocycles. The summed E-state index contributed by atoms with van der Waals surface area (Å²) in [6, 6.07) is 0.463. The third-order valence-electron chi connectivity index (χ3n) is 4.53. The molecule has 18 heavy (non-hydrogen) atoms. The second-order valence-electron chi connectivity index (χ2n) is 6.10. The summed E-state index contributed by atoms with van der Waals surface area (Å²) in [5, 5.41) is 9.40. The zero-order chi connectivity index (χ0) is 13.0. The number of aliphatic hydroxyl groups excluding tert-OH is 1. The number of nitrogens with zero attached hydrogens (tertiary/aromatic N) is 1. The molecule has 3 heteroatoms. The zero-order valence-corrected chi connectivity index (χ0v) is 11.6. The minimum atomic E-state index is -0.508. The maximum atomic E-state index is 12.2. The number of likely N-dealkylation sites (tertiary alicyclic amines) is 1. The van der Waals surface area contributed by atoms with Gasteiger partial charge in [-0.3, -0.25) is 4.79 Å². The van der Waals surface area contributed by atoms with Crippen molar-refractivity contribution in [2.45, 2.75) is 76.9 Å². The Morgan fingerprint density at radius 2 is 1.83 bits per heavy atom. The van der Waals surface area contributed by atoms with Crippen molar-refractivity contribution < 1.29 is 9.90 Å². The molecule has 0 spiro atoms. The molecule has 104 valence electrons. The molecule has 1 saturated carbocycles. The maximum absolute atomic E-state index is 12.2. The van der Waals surface area contributed by atoms with Gasteiger partial charge < -0.3 is 10.0 Å². The van der Waals surface area contributed by atoms with Crippen LogP contribution in [0.2, 0.25) is 0 Å². The highest BCUT2D eigenvalue weighted by Gasteiger charge is 2.33. The van der Waals surface area contributed by atoms with Crippen molar-refractivity contribution in [3.05, 3.63) is 0 Å². The highest BCUT2D eigenvalue weighted by Crippen LogP contribution is 2.34. The van der Waals surface area contributed by atoms with Crippen molar-refractivity contribution in [1.29, 1.82) is 0 Å². The number of piperidine rings is 1. The van der Waals surface area contributed by atoms with Crippen LogP contribution in [0.3, 0.4) is 0 Å². The number of carbonyl (C=O) groups excluding carboxylic acids is 1. The molecule has 2 atom stereocenters. The van der Waals surface area contributed by atoms with Crippen LogP contribution in [0.1, 0.15) is 64.7 Å². The maximum Gasteiger partial charge on any atom is 0.225 e. The van der Waals surface area contributed by atoms with Crippen LogP contribution in [0.25, 0.3) is 0 Å². The van der Waals surface area contributed by atoms with Crippen LogP contribution < -0.4 is 0 Å². The van der Waals surface area contributed by atoms with E-state index in [-0.39, 0.29) is 5.91 Å². The van der Waals surface area contributed by atoms with Gasteiger partial charge >= 0.3 is 0 Å². The minimum absolute atomic E-state index is 0.167. The van der Waals surface area contributed by atoms with E-state index in [0.717, 1.165) is 18.9 Å². The molecule has 0 bridgehead atoms. The molecule has 1 N–H and O–H groups in total. The largest absolute Gasteiger partial charge is 0.393 e. The number of amides is 1. The van der Waals surface area contributed by atoms with Gasteiger partial charge in [0.1, 0.15) is 0 Å². The fraction of sp³-hybridized carbons (Fsp3) is 0.933. The van der Waals surface area contributed by atoms with Gasteiger partial charge in [-0.05, 0) is 44.9 Å². The Balaban J connectivity index is 1.98. The molecule has 2 fully saturated rings. The second kappa shape index (κ2) is 6.55. The summed E-state index contributed by atoms with van der Waals surface area (Å²) in [5.74, 6) is 0.886. The summed E-state index contributed by atoms with van der Waals surface area (Å²) in [4.78, 5) is 14.3. The van der Waals surface area contributed by atoms with Crippen molar-refractivity contribution in [1.82, 2.24) is 4.90 Å². The van der Waals surface area contributed by atoms with Crippen LogP contribution in [-0.4, -0.2) is 34.6 Å². The van der Waals surface area contributed by atoms with Gasteiger partial charge in [0.2, 0.25) is 5.91 Å². The average molecular weight is 253 g/mol. The van der Waals surface area contributed by atoms with Crippen LogP contribution in [-0.2, 0) is 4.79 Å². The first-order valence-electron chi connectivity index (χ1n) is 7.66. The normalized spacial score (nSPS) is 28.1. The Labute approximate surface area is 111 Å². The standard InChI is InChI=1S/C15H27NO2/c1-12(17)11-15(18)16-10-6-5-9-14(16)13-7-3-2-4-8-13/h12-14,17H,2-11H2,1H3/t12-,14-/m0/s1. The van der Waals surface area contributed by atoms with Gasteiger partial charge in [0.25, 0.3) is 0 Å². The lowest BCUT2D eigenvalue weighted by Gasteiger charge is -2.42. The fourth-order valence-electron chi connectivity index (χ4n) is 3.65. The van der Waals surface area contributed by atoms with Gasteiger partial charge in [-0.2, -0.15) is 0 Å². The lowest BCUT2D eigenvalue weighted by molar-refractivity contribution is -0.138. The quantitative estimate of drug-likeness (QED) is 0.840. The van der Waals surface area contributed by atoms with Gasteiger partial charge in [0.05, 0.1) is 12.5 Å². The number of rotatable bonds is 3. The van der Waals surface area contributed by atoms with Crippen molar-refractivity contribution in [2.75, 3.05) is 6.54 Å². The lowest BCUT2D eigenvalue weighted by atomic mass is 9.80. The Morgan fingerprint density at radius 1 is 1.17 bits per heavy atom. The van der Waals surface area contributed by atoms with Crippen molar-refractivity contribution in [2.24, 2.45) is 5.92 Å². The number of carbonyl (C=O) groups is 1. The first kappa shape index (κ1) is 13.9. The molecule has 0 radical (unpaired) electrons. The number of hydrogen-bond acceptors (Lipinski definition) is 2. The van der Waals surface area contributed by atoms with E-state index in [2.05, 4.69) is 4.90 Å². The third kappa shape index (κ3) is 3.47. The van der Waals surface area contributed by atoms with E-state index < -0.39 is 6.10 Å². The van der Waals surface area contributed by atoms with E-state index in [1.54, 1.807) is 6.92 Å². The fourth-order valence-corrected chi connectivity index (χ4v) is 3.65. The Bertz CT molecular complexity index is 272. The topological polar surface area (TPSA) is 40.5 Å². The summed E-state index contributed by atoms with van der Waals surface area (Å²) in [6.45, 7) is 2.62. The number of aliphatic hydroxyl groups is 1. The summed E-state index contributed by atoms with van der Waals surface area (Å²) in [6.07, 6.45) is 9.98. The van der Waals surface area contributed by atoms with Gasteiger partial charge in [-0.1, -0.05) is 19.3 Å². The SMILES string of the molecule is C[C@H](O)CC(=O)N1CCCC[C@H]1C1CCCCC1. The predicted octanol–water partition coefficient (Wildman–Crippen LogP) is 2.72. The minimum Gasteiger partial charge on any atom is -0.393 e. The molecule has 0 aromatic carbocycles. The first-order valence-corrected chi connectivity index (χ1v) is 7.66. The molecular formula is C15H27NO2. The van der Waals surface area contributed by atoms with Gasteiger partial charge in [-0.25, -0.2) is 0 Å². The molecule has 0 aromatic heterocycles. The molecule has 2 rings (SSSR count). The van der Waals surface area contributed by atoms with Crippen LogP contribution in [0, 0.1) is 5.92 Å². The molecule has 1 aliphatic carbocycles. The summed E-state index contributed by atoms with van der Waals surface area (Å²) < 4.78 is 0. The smallest absolute Gasteiger partial charge is 0.225 e. The van der Waals surface area contributed by atoms with Crippen LogP contribution in [0.4, 0.5) is 0 Å². The highest BCUT2D eigenvalue weighted by molar-refractivity contribution is 5.77. The van der Waals surface area contributed by atoms with E-state index in [9.17, 15) is 9.90 Å². The van der Waals surface area contributed by atoms with E-state index >= 15 is 0 Å². The molecule has 1 saturated heterocycles. The van der Waals surface area contributed by atoms with Gasteiger partial charge in [-0.15, -0.1) is 0 Å². The van der Waals surface area contributed by atoms with E-state index in [1.165, 1.54) is 44.9 Å². The van der Waals surface area contributed by atoms with Crippen molar-refractivity contribution in [3.8, 4) is 0 Å². The second-order valence-corrected chi connectivity index (χ2v) is 6.10. The molecule has 0 unspecified atom stereocenters. The Morgan fingerprint density at radius 3 is 2.50 bits per heavy atom. The Hall–Kier alpha value is -0.570. The van der Waals surface area contributed by atoms with Crippen LogP contribution >= 0.6 is 0 Å². The first-order chi connectivity index (χ1) is 8.68. The van der Waals surface area contributed by atoms with Crippen molar-refractivity contribution >= 4 is 5.91 Å². The molecular weight excluding hydrogens is 226 g/mol. The number of hydrogen-bond donors (Lipinski definition) is 1. The van der Waals surface area contributed by atoms with Gasteiger partial charge in [0.15, 0.2) is 0 Å². The highest BCUT2D eigenvalue weighted by atomic mass is 16.3. The predicted molar refractivity (Wildman–Crippen MR) is 72.2 cm³/mol. The molecule has 2 aliphatic rings. The van der Waals surface area contributed by atoms with E-state index in [0.29, 0.717) is 12.5 Å². The van der Waals surface area contributed by atoms with E-state index in [4.69, 9.17) is 0 Å². The molecule has 1 aliphatic heterocycles. The van der Waals surface area contributed by atoms with Crippen molar-refractivity contribution in [3.63, 3.8) is 0 Å². The van der Waals surface area contributed by atoms with Crippen LogP contribution in [0.5, 0.6) is 0 Å². The monoisotopic (exact) mass is 253 g/mol. The third-order valence-corrected chi connectivity index (χ3v) is 4.53. The summed E-state index contributed by atoms with van der Waals surface area (Å²) in [7, 11) is 0. The van der Waals surface area contributed by atoms with E-state index in [1.807, 2.05) is 0 Å². The zero-order valence-electron chi connectivity index (χ0n) is 11.6. The molecule has 0 aromatic rings. The summed E-state index contributed by atoms with van der Waals surface area (Å²) >= 11 is 0. The molecule has 3 nitrogen and oxygen atoms in total. The average Bonchev–Trinajstić information content (AvgIpc) is 2.39. The van der Waals surface area contributed by atoms with Crippen LogP contribution in [0.15, 0.2) is 0 Å². The molecule has 1 amide bonds. The Kier molecular flexibility index (Phi) is 5.04.